The van der Waals surface area contributed by atoms with Crippen molar-refractivity contribution in [3.63, 3.8) is 0 Å². The quantitative estimate of drug-likeness (QED) is 0.514. The Labute approximate surface area is 223 Å². The monoisotopic (exact) mass is 531 g/mol. The maximum Gasteiger partial charge on any atom is 0.227 e. The van der Waals surface area contributed by atoms with Crippen LogP contribution >= 0.6 is 11.6 Å². The second-order valence-electron chi connectivity index (χ2n) is 11.2. The van der Waals surface area contributed by atoms with Crippen LogP contribution in [-0.4, -0.2) is 64.8 Å². The number of carbonyl (C=O) groups is 2. The van der Waals surface area contributed by atoms with Crippen molar-refractivity contribution in [2.24, 2.45) is 5.92 Å². The molecule has 0 radical (unpaired) electrons. The summed E-state index contributed by atoms with van der Waals surface area (Å²) in [6.45, 7) is 10.2. The first-order valence-electron chi connectivity index (χ1n) is 13.0. The molecule has 2 heterocycles. The largest absolute Gasteiger partial charge is 0.341 e. The number of amides is 2. The summed E-state index contributed by atoms with van der Waals surface area (Å²) in [5, 5.41) is 0.647. The number of hydrogen-bond acceptors (Lipinski definition) is 3. The summed E-state index contributed by atoms with van der Waals surface area (Å²) in [5.41, 5.74) is 1.21. The molecular formula is C29H36ClF2N3O2. The van der Waals surface area contributed by atoms with E-state index in [2.05, 4.69) is 25.7 Å². The van der Waals surface area contributed by atoms with E-state index in [0.29, 0.717) is 43.3 Å². The number of hydrogen-bond donors (Lipinski definition) is 0. The molecule has 2 fully saturated rings. The molecule has 4 rings (SSSR count). The summed E-state index contributed by atoms with van der Waals surface area (Å²) < 4.78 is 28.5. The van der Waals surface area contributed by atoms with E-state index in [0.717, 1.165) is 24.5 Å². The average Bonchev–Trinajstić information content (AvgIpc) is 3.25. The zero-order valence-electron chi connectivity index (χ0n) is 22.0. The van der Waals surface area contributed by atoms with Gasteiger partial charge in [0.15, 0.2) is 0 Å². The normalized spacial score (nSPS) is 23.6. The molecule has 3 unspecified atom stereocenters. The Kier molecular flexibility index (Phi) is 8.24. The third kappa shape index (κ3) is 6.15. The first kappa shape index (κ1) is 27.5. The number of rotatable bonds is 3. The maximum atomic E-state index is 14.9. The molecule has 3 atom stereocenters. The molecule has 0 saturated carbocycles. The summed E-state index contributed by atoms with van der Waals surface area (Å²) in [6.07, 6.45) is 1.45. The smallest absolute Gasteiger partial charge is 0.227 e. The highest BCUT2D eigenvalue weighted by Gasteiger charge is 2.44. The van der Waals surface area contributed by atoms with Crippen LogP contribution in [0.4, 0.5) is 8.78 Å². The minimum absolute atomic E-state index is 0.0334. The molecule has 2 aromatic rings. The molecule has 5 nitrogen and oxygen atoms in total. The van der Waals surface area contributed by atoms with Crippen molar-refractivity contribution < 1.29 is 18.4 Å². The first-order valence-corrected chi connectivity index (χ1v) is 13.3. The van der Waals surface area contributed by atoms with Gasteiger partial charge in [-0.1, -0.05) is 29.8 Å². The average molecular weight is 532 g/mol. The van der Waals surface area contributed by atoms with Crippen LogP contribution in [-0.2, 0) is 9.59 Å². The van der Waals surface area contributed by atoms with Crippen molar-refractivity contribution in [2.75, 3.05) is 32.7 Å². The fourth-order valence-corrected chi connectivity index (χ4v) is 5.84. The number of benzene rings is 2. The molecule has 2 aromatic carbocycles. The number of halogens is 3. The fraction of sp³-hybridized carbons (Fsp3) is 0.517. The van der Waals surface area contributed by atoms with Gasteiger partial charge in [-0.2, -0.15) is 0 Å². The third-order valence-electron chi connectivity index (χ3n) is 7.81. The molecule has 200 valence electrons. The van der Waals surface area contributed by atoms with E-state index in [1.54, 1.807) is 6.92 Å². The molecule has 37 heavy (non-hydrogen) atoms. The van der Waals surface area contributed by atoms with Gasteiger partial charge in [-0.25, -0.2) is 8.78 Å². The molecule has 0 spiro atoms. The Bertz CT molecular complexity index is 1130. The Balaban J connectivity index is 1.56. The Hall–Kier alpha value is -2.51. The summed E-state index contributed by atoms with van der Waals surface area (Å²) in [5.74, 6) is -2.13. The molecule has 0 bridgehead atoms. The van der Waals surface area contributed by atoms with Gasteiger partial charge in [0, 0.05) is 62.2 Å². The van der Waals surface area contributed by atoms with Gasteiger partial charge in [-0.15, -0.1) is 0 Å². The lowest BCUT2D eigenvalue weighted by Gasteiger charge is -2.38. The Morgan fingerprint density at radius 1 is 0.973 bits per heavy atom. The van der Waals surface area contributed by atoms with E-state index in [1.165, 1.54) is 12.1 Å². The number of likely N-dealkylation sites (tertiary alicyclic amines) is 1. The lowest BCUT2D eigenvalue weighted by atomic mass is 9.87. The van der Waals surface area contributed by atoms with Gasteiger partial charge in [-0.05, 0) is 62.9 Å². The molecule has 2 aliphatic rings. The maximum absolute atomic E-state index is 14.9. The van der Waals surface area contributed by atoms with Gasteiger partial charge in [0.1, 0.15) is 11.6 Å². The zero-order chi connectivity index (χ0) is 26.9. The van der Waals surface area contributed by atoms with Crippen molar-refractivity contribution >= 4 is 23.4 Å². The predicted octanol–water partition coefficient (Wildman–Crippen LogP) is 5.64. The lowest BCUT2D eigenvalue weighted by molar-refractivity contribution is -0.139. The van der Waals surface area contributed by atoms with Gasteiger partial charge in [0.2, 0.25) is 11.8 Å². The first-order chi connectivity index (χ1) is 17.5. The highest BCUT2D eigenvalue weighted by molar-refractivity contribution is 6.30. The number of nitrogens with zero attached hydrogens (tertiary/aromatic N) is 3. The van der Waals surface area contributed by atoms with Crippen molar-refractivity contribution in [2.45, 2.75) is 58.0 Å². The molecule has 0 N–H and O–H groups in total. The summed E-state index contributed by atoms with van der Waals surface area (Å²) in [7, 11) is 0. The van der Waals surface area contributed by atoms with E-state index in [1.807, 2.05) is 34.1 Å². The summed E-state index contributed by atoms with van der Waals surface area (Å²) >= 11 is 6.07. The van der Waals surface area contributed by atoms with Crippen molar-refractivity contribution in [1.29, 1.82) is 0 Å². The highest BCUT2D eigenvalue weighted by atomic mass is 35.5. The fourth-order valence-electron chi connectivity index (χ4n) is 5.71. The van der Waals surface area contributed by atoms with E-state index in [9.17, 15) is 18.4 Å². The summed E-state index contributed by atoms with van der Waals surface area (Å²) in [6, 6.07) is 11.1. The third-order valence-corrected chi connectivity index (χ3v) is 8.06. The topological polar surface area (TPSA) is 43.9 Å². The SMILES string of the molecule is CC(=O)N1CCN(C(=O)C2CN(C(C)(C)C)CC2c2ccc(F)cc2F)CCCC1c1ccc(Cl)cc1. The standard InChI is InChI=1S/C29H36ClF2N3O2/c1-19(36)35-15-14-33(13-5-6-27(35)20-7-9-21(30)10-8-20)28(37)25-18-34(29(2,3)4)17-24(25)23-12-11-22(31)16-26(23)32/h7-12,16,24-25,27H,5-6,13-15,17-18H2,1-4H3. The molecule has 2 aliphatic heterocycles. The second-order valence-corrected chi connectivity index (χ2v) is 11.6. The van der Waals surface area contributed by atoms with Gasteiger partial charge >= 0.3 is 0 Å². The lowest BCUT2D eigenvalue weighted by Crippen LogP contribution is -2.47. The second kappa shape index (κ2) is 11.1. The molecule has 0 aliphatic carbocycles. The van der Waals surface area contributed by atoms with Crippen LogP contribution in [0, 0.1) is 17.6 Å². The Morgan fingerprint density at radius 3 is 2.30 bits per heavy atom. The van der Waals surface area contributed by atoms with Crippen molar-refractivity contribution in [3.05, 3.63) is 70.2 Å². The highest BCUT2D eigenvalue weighted by Crippen LogP contribution is 2.39. The zero-order valence-corrected chi connectivity index (χ0v) is 22.8. The predicted molar refractivity (Wildman–Crippen MR) is 141 cm³/mol. The van der Waals surface area contributed by atoms with Crippen LogP contribution in [0.2, 0.25) is 5.02 Å². The molecular weight excluding hydrogens is 496 g/mol. The van der Waals surface area contributed by atoms with E-state index >= 15 is 0 Å². The van der Waals surface area contributed by atoms with Crippen LogP contribution in [0.3, 0.4) is 0 Å². The van der Waals surface area contributed by atoms with Gasteiger partial charge in [-0.3, -0.25) is 14.5 Å². The van der Waals surface area contributed by atoms with Crippen molar-refractivity contribution in [3.8, 4) is 0 Å². The van der Waals surface area contributed by atoms with E-state index < -0.39 is 17.6 Å². The minimum atomic E-state index is -0.627. The van der Waals surface area contributed by atoms with E-state index in [-0.39, 0.29) is 29.3 Å². The van der Waals surface area contributed by atoms with Crippen LogP contribution in [0.1, 0.15) is 63.6 Å². The minimum Gasteiger partial charge on any atom is -0.341 e. The molecule has 2 saturated heterocycles. The van der Waals surface area contributed by atoms with Crippen LogP contribution in [0.5, 0.6) is 0 Å². The van der Waals surface area contributed by atoms with Crippen LogP contribution < -0.4 is 0 Å². The van der Waals surface area contributed by atoms with E-state index in [4.69, 9.17) is 11.6 Å². The van der Waals surface area contributed by atoms with Crippen molar-refractivity contribution in [1.82, 2.24) is 14.7 Å². The molecule has 2 amide bonds. The van der Waals surface area contributed by atoms with Gasteiger partial charge in [0.05, 0.1) is 12.0 Å². The van der Waals surface area contributed by atoms with Gasteiger partial charge < -0.3 is 9.80 Å². The van der Waals surface area contributed by atoms with Crippen LogP contribution in [0.25, 0.3) is 0 Å². The van der Waals surface area contributed by atoms with Gasteiger partial charge in [0.25, 0.3) is 0 Å². The Morgan fingerprint density at radius 2 is 1.68 bits per heavy atom. The number of carbonyl (C=O) groups excluding carboxylic acids is 2. The molecule has 8 heteroatoms. The van der Waals surface area contributed by atoms with Crippen LogP contribution in [0.15, 0.2) is 42.5 Å². The summed E-state index contributed by atoms with van der Waals surface area (Å²) in [4.78, 5) is 32.4. The molecule has 0 aromatic heterocycles.